The minimum Gasteiger partial charge on any atom is -0.474 e. The number of pyridine rings is 2. The standard InChI is InChI=1S/C27H23F3N4O3/c28-27(29,30)24-16-23(20-7-1-2-8-21(20)33-24)31-17-5-3-6-18(15-17)32-26(35)22-9-4-10-25(34-22)37-19-11-13-36-14-12-19/h1-10,15-16,19H,11-14H2,(H,31,33)(H,32,35). The third kappa shape index (κ3) is 5.97. The molecule has 7 nitrogen and oxygen atoms in total. The zero-order chi connectivity index (χ0) is 25.8. The van der Waals surface area contributed by atoms with E-state index in [0.717, 1.165) is 18.9 Å². The molecule has 1 aliphatic rings. The minimum absolute atomic E-state index is 0.00977. The summed E-state index contributed by atoms with van der Waals surface area (Å²) in [6, 6.07) is 19.2. The van der Waals surface area contributed by atoms with Crippen LogP contribution < -0.4 is 15.4 Å². The summed E-state index contributed by atoms with van der Waals surface area (Å²) < 4.78 is 51.4. The Morgan fingerprint density at radius 2 is 1.68 bits per heavy atom. The number of rotatable bonds is 6. The van der Waals surface area contributed by atoms with E-state index in [1.165, 1.54) is 6.07 Å². The van der Waals surface area contributed by atoms with E-state index in [1.807, 2.05) is 0 Å². The van der Waals surface area contributed by atoms with Gasteiger partial charge in [-0.05, 0) is 36.4 Å². The van der Waals surface area contributed by atoms with Crippen molar-refractivity contribution in [3.8, 4) is 5.88 Å². The highest BCUT2D eigenvalue weighted by Gasteiger charge is 2.33. The van der Waals surface area contributed by atoms with Crippen LogP contribution >= 0.6 is 0 Å². The predicted molar refractivity (Wildman–Crippen MR) is 133 cm³/mol. The number of nitrogens with zero attached hydrogens (tertiary/aromatic N) is 2. The molecule has 4 aromatic rings. The highest BCUT2D eigenvalue weighted by molar-refractivity contribution is 6.03. The fraction of sp³-hybridized carbons (Fsp3) is 0.222. The van der Waals surface area contributed by atoms with E-state index in [4.69, 9.17) is 9.47 Å². The molecule has 2 N–H and O–H groups in total. The first-order chi connectivity index (χ1) is 17.8. The molecule has 0 radical (unpaired) electrons. The van der Waals surface area contributed by atoms with E-state index >= 15 is 0 Å². The number of hydrogen-bond acceptors (Lipinski definition) is 6. The van der Waals surface area contributed by atoms with Gasteiger partial charge in [-0.15, -0.1) is 0 Å². The normalized spacial score (nSPS) is 14.4. The van der Waals surface area contributed by atoms with E-state index in [1.54, 1.807) is 60.7 Å². The SMILES string of the molecule is O=C(Nc1cccc(Nc2cc(C(F)(F)F)nc3ccccc23)c1)c1cccc(OC2CCOCC2)n1. The maximum atomic E-state index is 13.4. The van der Waals surface area contributed by atoms with Crippen LogP contribution in [0.5, 0.6) is 5.88 Å². The van der Waals surface area contributed by atoms with Crippen molar-refractivity contribution in [1.29, 1.82) is 0 Å². The van der Waals surface area contributed by atoms with Gasteiger partial charge in [-0.25, -0.2) is 9.97 Å². The molecule has 0 bridgehead atoms. The number of fused-ring (bicyclic) bond motifs is 1. The lowest BCUT2D eigenvalue weighted by Gasteiger charge is -2.22. The zero-order valence-corrected chi connectivity index (χ0v) is 19.6. The number of para-hydroxylation sites is 1. The van der Waals surface area contributed by atoms with Gasteiger partial charge in [-0.2, -0.15) is 13.2 Å². The van der Waals surface area contributed by atoms with Gasteiger partial charge in [0.2, 0.25) is 5.88 Å². The second kappa shape index (κ2) is 10.4. The second-order valence-electron chi connectivity index (χ2n) is 8.52. The zero-order valence-electron chi connectivity index (χ0n) is 19.6. The first-order valence-electron chi connectivity index (χ1n) is 11.7. The quantitative estimate of drug-likeness (QED) is 0.323. The number of alkyl halides is 3. The van der Waals surface area contributed by atoms with E-state index in [-0.39, 0.29) is 23.0 Å². The largest absolute Gasteiger partial charge is 0.474 e. The number of amides is 1. The molecule has 1 fully saturated rings. The molecule has 1 aliphatic heterocycles. The summed E-state index contributed by atoms with van der Waals surface area (Å²) in [6.07, 6.45) is -3.08. The van der Waals surface area contributed by atoms with Gasteiger partial charge in [0.15, 0.2) is 0 Å². The van der Waals surface area contributed by atoms with Gasteiger partial charge in [-0.1, -0.05) is 30.3 Å². The number of hydrogen-bond donors (Lipinski definition) is 2. The van der Waals surface area contributed by atoms with Crippen LogP contribution in [0.1, 0.15) is 29.0 Å². The molecule has 2 aromatic heterocycles. The van der Waals surface area contributed by atoms with E-state index in [9.17, 15) is 18.0 Å². The van der Waals surface area contributed by atoms with Crippen LogP contribution in [0.15, 0.2) is 72.8 Å². The van der Waals surface area contributed by atoms with Gasteiger partial charge in [0.25, 0.3) is 5.91 Å². The monoisotopic (exact) mass is 508 g/mol. The molecular weight excluding hydrogens is 485 g/mol. The van der Waals surface area contributed by atoms with Crippen LogP contribution in [0, 0.1) is 0 Å². The van der Waals surface area contributed by atoms with Crippen LogP contribution in [0.2, 0.25) is 0 Å². The summed E-state index contributed by atoms with van der Waals surface area (Å²) in [5.41, 5.74) is 0.595. The van der Waals surface area contributed by atoms with Gasteiger partial charge in [0.1, 0.15) is 17.5 Å². The van der Waals surface area contributed by atoms with E-state index in [2.05, 4.69) is 20.6 Å². The lowest BCUT2D eigenvalue weighted by Crippen LogP contribution is -2.26. The molecule has 0 unspecified atom stereocenters. The van der Waals surface area contributed by atoms with Crippen molar-refractivity contribution >= 4 is 33.9 Å². The van der Waals surface area contributed by atoms with Crippen molar-refractivity contribution in [1.82, 2.24) is 9.97 Å². The summed E-state index contributed by atoms with van der Waals surface area (Å²) in [5.74, 6) is -0.0803. The van der Waals surface area contributed by atoms with Gasteiger partial charge in [0.05, 0.1) is 24.4 Å². The molecule has 3 heterocycles. The maximum Gasteiger partial charge on any atom is 0.433 e. The molecule has 0 aliphatic carbocycles. The Morgan fingerprint density at radius 3 is 2.49 bits per heavy atom. The average Bonchev–Trinajstić information content (AvgIpc) is 2.89. The Bertz CT molecular complexity index is 1420. The summed E-state index contributed by atoms with van der Waals surface area (Å²) in [5, 5.41) is 6.35. The van der Waals surface area contributed by atoms with Gasteiger partial charge in [-0.3, -0.25) is 4.79 Å². The van der Waals surface area contributed by atoms with Crippen molar-refractivity contribution < 1.29 is 27.4 Å². The van der Waals surface area contributed by atoms with Crippen LogP contribution in [0.25, 0.3) is 10.9 Å². The van der Waals surface area contributed by atoms with Crippen LogP contribution in [0.3, 0.4) is 0 Å². The molecule has 0 atom stereocenters. The van der Waals surface area contributed by atoms with Crippen molar-refractivity contribution in [3.05, 3.63) is 84.2 Å². The Hall–Kier alpha value is -4.18. The van der Waals surface area contributed by atoms with Crippen molar-refractivity contribution in [3.63, 3.8) is 0 Å². The number of benzene rings is 2. The van der Waals surface area contributed by atoms with Crippen LogP contribution in [-0.2, 0) is 10.9 Å². The Labute approximate surface area is 210 Å². The number of carbonyl (C=O) groups excluding carboxylic acids is 1. The molecule has 0 spiro atoms. The van der Waals surface area contributed by atoms with E-state index < -0.39 is 17.8 Å². The predicted octanol–water partition coefficient (Wildman–Crippen LogP) is 6.20. The molecule has 1 amide bonds. The molecule has 10 heteroatoms. The summed E-state index contributed by atoms with van der Waals surface area (Å²) in [6.45, 7) is 1.25. The average molecular weight is 509 g/mol. The molecule has 37 heavy (non-hydrogen) atoms. The molecular formula is C27H23F3N4O3. The summed E-state index contributed by atoms with van der Waals surface area (Å²) in [4.78, 5) is 20.9. The fourth-order valence-corrected chi connectivity index (χ4v) is 4.02. The van der Waals surface area contributed by atoms with Gasteiger partial charge >= 0.3 is 6.18 Å². The smallest absolute Gasteiger partial charge is 0.433 e. The first kappa shape index (κ1) is 24.5. The fourth-order valence-electron chi connectivity index (χ4n) is 4.02. The molecule has 5 rings (SSSR count). The lowest BCUT2D eigenvalue weighted by atomic mass is 10.1. The molecule has 0 saturated carbocycles. The number of nitrogens with one attached hydrogen (secondary N) is 2. The lowest BCUT2D eigenvalue weighted by molar-refractivity contribution is -0.140. The molecule has 1 saturated heterocycles. The van der Waals surface area contributed by atoms with Crippen LogP contribution in [0.4, 0.5) is 30.2 Å². The maximum absolute atomic E-state index is 13.4. The first-order valence-corrected chi connectivity index (χ1v) is 11.7. The number of aromatic nitrogens is 2. The summed E-state index contributed by atoms with van der Waals surface area (Å²) >= 11 is 0. The van der Waals surface area contributed by atoms with Crippen LogP contribution in [-0.4, -0.2) is 35.2 Å². The van der Waals surface area contributed by atoms with Gasteiger partial charge in [0, 0.05) is 35.7 Å². The topological polar surface area (TPSA) is 85.4 Å². The Kier molecular flexibility index (Phi) is 6.91. The second-order valence-corrected chi connectivity index (χ2v) is 8.52. The third-order valence-corrected chi connectivity index (χ3v) is 5.82. The summed E-state index contributed by atoms with van der Waals surface area (Å²) in [7, 11) is 0. The van der Waals surface area contributed by atoms with Crippen molar-refractivity contribution in [2.24, 2.45) is 0 Å². The highest BCUT2D eigenvalue weighted by atomic mass is 19.4. The number of carbonyl (C=O) groups is 1. The van der Waals surface area contributed by atoms with E-state index in [0.29, 0.717) is 35.9 Å². The van der Waals surface area contributed by atoms with Gasteiger partial charge < -0.3 is 20.1 Å². The highest BCUT2D eigenvalue weighted by Crippen LogP contribution is 2.34. The molecule has 2 aromatic carbocycles. The number of ether oxygens (including phenoxy) is 2. The third-order valence-electron chi connectivity index (χ3n) is 5.82. The number of anilines is 3. The molecule has 190 valence electrons. The number of halogens is 3. The Morgan fingerprint density at radius 1 is 0.919 bits per heavy atom. The minimum atomic E-state index is -4.59. The van der Waals surface area contributed by atoms with Crippen molar-refractivity contribution in [2.45, 2.75) is 25.1 Å². The Balaban J connectivity index is 1.33. The van der Waals surface area contributed by atoms with Crippen molar-refractivity contribution in [2.75, 3.05) is 23.8 Å².